The van der Waals surface area contributed by atoms with Crippen LogP contribution in [-0.2, 0) is 11.3 Å². The maximum atomic E-state index is 12.6. The van der Waals surface area contributed by atoms with E-state index in [9.17, 15) is 4.79 Å². The quantitative estimate of drug-likeness (QED) is 0.897. The van der Waals surface area contributed by atoms with Crippen molar-refractivity contribution in [2.24, 2.45) is 5.92 Å². The first-order chi connectivity index (χ1) is 12.7. The molecule has 0 radical (unpaired) electrons. The fourth-order valence-electron chi connectivity index (χ4n) is 4.92. The maximum absolute atomic E-state index is 12.6. The third kappa shape index (κ3) is 4.22. The average molecular weight is 361 g/mol. The number of ether oxygens (including phenoxy) is 1. The number of nitrogens with zero attached hydrogens (tertiary/aromatic N) is 3. The van der Waals surface area contributed by atoms with Crippen LogP contribution in [0.4, 0.5) is 4.79 Å². The molecule has 1 saturated carbocycles. The molecule has 0 aromatic carbocycles. The molecule has 1 aromatic rings. The van der Waals surface area contributed by atoms with Gasteiger partial charge in [-0.3, -0.25) is 4.68 Å². The van der Waals surface area contributed by atoms with E-state index in [0.29, 0.717) is 12.5 Å². The van der Waals surface area contributed by atoms with Gasteiger partial charge in [0.2, 0.25) is 0 Å². The second kappa shape index (κ2) is 7.99. The van der Waals surface area contributed by atoms with Crippen LogP contribution in [0, 0.1) is 5.92 Å². The van der Waals surface area contributed by atoms with Crippen LogP contribution in [0.25, 0.3) is 0 Å². The van der Waals surface area contributed by atoms with E-state index < -0.39 is 0 Å². The summed E-state index contributed by atoms with van der Waals surface area (Å²) in [5.41, 5.74) is 0.0652. The molecule has 2 amide bonds. The SMILES string of the molecule is O=C(NC1COC2(CCCCC2)C1)N1CCC(CCn2cccn2)CC1. The van der Waals surface area contributed by atoms with Crippen LogP contribution in [0.2, 0.25) is 0 Å². The van der Waals surface area contributed by atoms with Gasteiger partial charge < -0.3 is 15.0 Å². The number of hydrogen-bond acceptors (Lipinski definition) is 3. The zero-order valence-electron chi connectivity index (χ0n) is 15.7. The van der Waals surface area contributed by atoms with Crippen LogP contribution in [0.5, 0.6) is 0 Å². The van der Waals surface area contributed by atoms with E-state index in [0.717, 1.165) is 45.3 Å². The van der Waals surface area contributed by atoms with Gasteiger partial charge in [0.1, 0.15) is 0 Å². The van der Waals surface area contributed by atoms with Crippen molar-refractivity contribution in [3.05, 3.63) is 18.5 Å². The predicted molar refractivity (Wildman–Crippen MR) is 99.8 cm³/mol. The van der Waals surface area contributed by atoms with Crippen LogP contribution < -0.4 is 5.32 Å². The molecule has 1 atom stereocenters. The lowest BCUT2D eigenvalue weighted by Crippen LogP contribution is -2.48. The average Bonchev–Trinajstić information content (AvgIpc) is 3.32. The minimum Gasteiger partial charge on any atom is -0.373 e. The molecule has 144 valence electrons. The number of likely N-dealkylation sites (tertiary alicyclic amines) is 1. The molecule has 1 spiro atoms. The lowest BCUT2D eigenvalue weighted by molar-refractivity contribution is -0.0246. The van der Waals surface area contributed by atoms with Crippen molar-refractivity contribution in [2.75, 3.05) is 19.7 Å². The lowest BCUT2D eigenvalue weighted by Gasteiger charge is -2.33. The normalized spacial score (nSPS) is 26.3. The Balaban J connectivity index is 1.18. The summed E-state index contributed by atoms with van der Waals surface area (Å²) in [4.78, 5) is 14.6. The molecule has 1 aromatic heterocycles. The topological polar surface area (TPSA) is 59.4 Å². The number of nitrogens with one attached hydrogen (secondary N) is 1. The smallest absolute Gasteiger partial charge is 0.317 e. The minimum absolute atomic E-state index is 0.0652. The van der Waals surface area contributed by atoms with Gasteiger partial charge in [-0.15, -0.1) is 0 Å². The summed E-state index contributed by atoms with van der Waals surface area (Å²) in [6.45, 7) is 3.40. The molecule has 4 rings (SSSR count). The number of aryl methyl sites for hydroxylation is 1. The fraction of sp³-hybridized carbons (Fsp3) is 0.800. The molecule has 2 saturated heterocycles. The molecule has 1 aliphatic carbocycles. The highest BCUT2D eigenvalue weighted by Gasteiger charge is 2.41. The summed E-state index contributed by atoms with van der Waals surface area (Å²) in [5, 5.41) is 7.50. The molecule has 0 bridgehead atoms. The Bertz CT molecular complexity index is 575. The number of hydrogen-bond donors (Lipinski definition) is 1. The molecule has 6 heteroatoms. The third-order valence-corrected chi connectivity index (χ3v) is 6.53. The number of carbonyl (C=O) groups is 1. The second-order valence-corrected chi connectivity index (χ2v) is 8.39. The number of piperidine rings is 1. The van der Waals surface area contributed by atoms with Gasteiger partial charge in [0.05, 0.1) is 18.2 Å². The molecule has 1 unspecified atom stereocenters. The lowest BCUT2D eigenvalue weighted by atomic mass is 9.82. The van der Waals surface area contributed by atoms with Crippen molar-refractivity contribution in [3.8, 4) is 0 Å². The van der Waals surface area contributed by atoms with Gasteiger partial charge in [-0.05, 0) is 50.5 Å². The maximum Gasteiger partial charge on any atom is 0.317 e. The molecule has 2 aliphatic heterocycles. The van der Waals surface area contributed by atoms with E-state index >= 15 is 0 Å². The highest BCUT2D eigenvalue weighted by molar-refractivity contribution is 5.74. The van der Waals surface area contributed by atoms with Crippen LogP contribution in [0.1, 0.15) is 57.8 Å². The standard InChI is InChI=1S/C20H32N4O2/c25-19(22-18-15-20(26-16-18)8-2-1-3-9-20)23-12-5-17(6-13-23)7-14-24-11-4-10-21-24/h4,10-11,17-18H,1-3,5-9,12-16H2,(H,22,25). The van der Waals surface area contributed by atoms with Gasteiger partial charge in [-0.25, -0.2) is 4.79 Å². The highest BCUT2D eigenvalue weighted by atomic mass is 16.5. The molecule has 1 N–H and O–H groups in total. The van der Waals surface area contributed by atoms with Crippen molar-refractivity contribution in [1.82, 2.24) is 20.0 Å². The van der Waals surface area contributed by atoms with Crippen molar-refractivity contribution < 1.29 is 9.53 Å². The van der Waals surface area contributed by atoms with Gasteiger partial charge in [-0.1, -0.05) is 19.3 Å². The Morgan fingerprint density at radius 1 is 1.23 bits per heavy atom. The van der Waals surface area contributed by atoms with Gasteiger partial charge in [-0.2, -0.15) is 5.10 Å². The van der Waals surface area contributed by atoms with Crippen LogP contribution in [-0.4, -0.2) is 52.1 Å². The zero-order chi connectivity index (χ0) is 17.8. The summed E-state index contributed by atoms with van der Waals surface area (Å²) < 4.78 is 8.13. The first kappa shape index (κ1) is 17.8. The second-order valence-electron chi connectivity index (χ2n) is 8.39. The van der Waals surface area contributed by atoms with Gasteiger partial charge in [0, 0.05) is 32.0 Å². The summed E-state index contributed by atoms with van der Waals surface area (Å²) in [6, 6.07) is 2.27. The molecule has 6 nitrogen and oxygen atoms in total. The Morgan fingerprint density at radius 3 is 2.77 bits per heavy atom. The molecule has 3 heterocycles. The minimum atomic E-state index is 0.0652. The van der Waals surface area contributed by atoms with Crippen molar-refractivity contribution in [2.45, 2.75) is 76.0 Å². The van der Waals surface area contributed by atoms with Crippen molar-refractivity contribution in [1.29, 1.82) is 0 Å². The molecular formula is C20H32N4O2. The van der Waals surface area contributed by atoms with Crippen LogP contribution in [0.15, 0.2) is 18.5 Å². The monoisotopic (exact) mass is 360 g/mol. The number of amides is 2. The van der Waals surface area contributed by atoms with Gasteiger partial charge in [0.25, 0.3) is 0 Å². The molecule has 26 heavy (non-hydrogen) atoms. The summed E-state index contributed by atoms with van der Waals surface area (Å²) in [5.74, 6) is 0.698. The third-order valence-electron chi connectivity index (χ3n) is 6.53. The van der Waals surface area contributed by atoms with Crippen molar-refractivity contribution >= 4 is 6.03 Å². The Labute approximate surface area is 156 Å². The number of carbonyl (C=O) groups excluding carboxylic acids is 1. The van der Waals surface area contributed by atoms with E-state index in [1.165, 1.54) is 32.1 Å². The van der Waals surface area contributed by atoms with Gasteiger partial charge in [0.15, 0.2) is 0 Å². The number of urea groups is 1. The summed E-state index contributed by atoms with van der Waals surface area (Å²) in [6.07, 6.45) is 14.4. The largest absolute Gasteiger partial charge is 0.373 e. The Kier molecular flexibility index (Phi) is 5.48. The fourth-order valence-corrected chi connectivity index (χ4v) is 4.92. The number of rotatable bonds is 4. The Hall–Kier alpha value is -1.56. The van der Waals surface area contributed by atoms with E-state index in [1.807, 2.05) is 28.0 Å². The number of aromatic nitrogens is 2. The van der Waals surface area contributed by atoms with E-state index in [2.05, 4.69) is 10.4 Å². The first-order valence-corrected chi connectivity index (χ1v) is 10.4. The van der Waals surface area contributed by atoms with Crippen molar-refractivity contribution in [3.63, 3.8) is 0 Å². The molecule has 3 aliphatic rings. The highest BCUT2D eigenvalue weighted by Crippen LogP contribution is 2.39. The summed E-state index contributed by atoms with van der Waals surface area (Å²) in [7, 11) is 0. The van der Waals surface area contributed by atoms with E-state index in [4.69, 9.17) is 4.74 Å². The zero-order valence-corrected chi connectivity index (χ0v) is 15.7. The van der Waals surface area contributed by atoms with E-state index in [-0.39, 0.29) is 17.7 Å². The summed E-state index contributed by atoms with van der Waals surface area (Å²) >= 11 is 0. The van der Waals surface area contributed by atoms with Crippen LogP contribution >= 0.6 is 0 Å². The van der Waals surface area contributed by atoms with Gasteiger partial charge >= 0.3 is 6.03 Å². The predicted octanol–water partition coefficient (Wildman–Crippen LogP) is 3.19. The molecule has 3 fully saturated rings. The Morgan fingerprint density at radius 2 is 2.04 bits per heavy atom. The first-order valence-electron chi connectivity index (χ1n) is 10.4. The van der Waals surface area contributed by atoms with Crippen LogP contribution in [0.3, 0.4) is 0 Å². The molecular weight excluding hydrogens is 328 g/mol. The van der Waals surface area contributed by atoms with E-state index in [1.54, 1.807) is 0 Å².